The molecule has 0 spiro atoms. The van der Waals surface area contributed by atoms with Gasteiger partial charge in [-0.05, 0) is 43.9 Å². The van der Waals surface area contributed by atoms with Crippen LogP contribution in [0, 0.1) is 0 Å². The normalized spacial score (nSPS) is 19.4. The molecular weight excluding hydrogens is 320 g/mol. The number of rotatable bonds is 4. The molecule has 2 rings (SSSR count). The highest BCUT2D eigenvalue weighted by Gasteiger charge is 2.36. The van der Waals surface area contributed by atoms with Crippen LogP contribution in [0.15, 0.2) is 28.7 Å². The summed E-state index contributed by atoms with van der Waals surface area (Å²) in [6.07, 6.45) is 1.96. The highest BCUT2D eigenvalue weighted by Crippen LogP contribution is 2.18. The Kier molecular flexibility index (Phi) is 5.18. The Morgan fingerprint density at radius 1 is 1.50 bits per heavy atom. The highest BCUT2D eigenvalue weighted by molar-refractivity contribution is 9.10. The van der Waals surface area contributed by atoms with Crippen molar-refractivity contribution in [3.8, 4) is 0 Å². The molecule has 1 amide bonds. The molecule has 4 nitrogen and oxygen atoms in total. The van der Waals surface area contributed by atoms with Gasteiger partial charge in [-0.2, -0.15) is 0 Å². The number of amides is 1. The average molecular weight is 341 g/mol. The van der Waals surface area contributed by atoms with Crippen molar-refractivity contribution in [2.45, 2.75) is 37.8 Å². The molecule has 1 saturated heterocycles. The number of benzene rings is 1. The summed E-state index contributed by atoms with van der Waals surface area (Å²) in [4.78, 5) is 12.3. The van der Waals surface area contributed by atoms with E-state index >= 15 is 0 Å². The quantitative estimate of drug-likeness (QED) is 0.881. The van der Waals surface area contributed by atoms with Crippen molar-refractivity contribution < 1.29 is 9.53 Å². The van der Waals surface area contributed by atoms with Crippen LogP contribution in [0.4, 0.5) is 0 Å². The maximum Gasteiger partial charge on any atom is 0.240 e. The lowest BCUT2D eigenvalue weighted by Gasteiger charge is -2.33. The summed E-state index contributed by atoms with van der Waals surface area (Å²) in [5, 5.41) is 3.02. The Labute approximate surface area is 128 Å². The third-order valence-corrected chi connectivity index (χ3v) is 4.14. The van der Waals surface area contributed by atoms with E-state index in [1.807, 2.05) is 19.1 Å². The van der Waals surface area contributed by atoms with Crippen LogP contribution in [-0.4, -0.2) is 30.7 Å². The minimum absolute atomic E-state index is 0.0556. The van der Waals surface area contributed by atoms with E-state index in [0.717, 1.165) is 10.9 Å². The zero-order chi connectivity index (χ0) is 14.6. The Balaban J connectivity index is 1.90. The maximum atomic E-state index is 12.3. The molecule has 0 aromatic heterocycles. The summed E-state index contributed by atoms with van der Waals surface area (Å²) in [7, 11) is 0. The van der Waals surface area contributed by atoms with Crippen LogP contribution < -0.4 is 11.1 Å². The molecule has 1 aromatic rings. The van der Waals surface area contributed by atoms with Gasteiger partial charge in [0.15, 0.2) is 0 Å². The lowest BCUT2D eigenvalue weighted by atomic mass is 9.90. The Bertz CT molecular complexity index is 473. The van der Waals surface area contributed by atoms with Gasteiger partial charge in [0.05, 0.1) is 5.54 Å². The predicted octanol–water partition coefficient (Wildman–Crippen LogP) is 2.00. The minimum Gasteiger partial charge on any atom is -0.381 e. The monoisotopic (exact) mass is 340 g/mol. The summed E-state index contributed by atoms with van der Waals surface area (Å²) in [5.41, 5.74) is 6.58. The van der Waals surface area contributed by atoms with Crippen LogP contribution in [0.5, 0.6) is 0 Å². The number of nitrogens with two attached hydrogens (primary N) is 1. The molecule has 1 aliphatic rings. The first-order chi connectivity index (χ1) is 9.49. The van der Waals surface area contributed by atoms with Gasteiger partial charge in [0.25, 0.3) is 0 Å². The van der Waals surface area contributed by atoms with Crippen molar-refractivity contribution in [3.63, 3.8) is 0 Å². The van der Waals surface area contributed by atoms with Gasteiger partial charge in [0, 0.05) is 23.7 Å². The fourth-order valence-corrected chi connectivity index (χ4v) is 2.85. The molecule has 1 aromatic carbocycles. The SMILES string of the molecule is CC(Cc1cccc(Br)c1)NC(=O)C1(N)CCOCC1. The van der Waals surface area contributed by atoms with Gasteiger partial charge >= 0.3 is 0 Å². The Morgan fingerprint density at radius 3 is 2.85 bits per heavy atom. The first-order valence-electron chi connectivity index (χ1n) is 6.92. The van der Waals surface area contributed by atoms with E-state index in [-0.39, 0.29) is 11.9 Å². The molecule has 1 heterocycles. The third-order valence-electron chi connectivity index (χ3n) is 3.65. The second kappa shape index (κ2) is 6.70. The number of hydrogen-bond acceptors (Lipinski definition) is 3. The fourth-order valence-electron chi connectivity index (χ4n) is 2.40. The first-order valence-corrected chi connectivity index (χ1v) is 7.71. The first kappa shape index (κ1) is 15.5. The molecule has 0 saturated carbocycles. The van der Waals surface area contributed by atoms with Crippen molar-refractivity contribution in [2.24, 2.45) is 5.73 Å². The van der Waals surface area contributed by atoms with Gasteiger partial charge in [-0.25, -0.2) is 0 Å². The summed E-state index contributed by atoms with van der Waals surface area (Å²) in [6.45, 7) is 3.12. The van der Waals surface area contributed by atoms with Crippen LogP contribution in [-0.2, 0) is 16.0 Å². The third kappa shape index (κ3) is 4.04. The van der Waals surface area contributed by atoms with Gasteiger partial charge in [-0.1, -0.05) is 28.1 Å². The fraction of sp³-hybridized carbons (Fsp3) is 0.533. The van der Waals surface area contributed by atoms with Crippen LogP contribution >= 0.6 is 15.9 Å². The Morgan fingerprint density at radius 2 is 2.20 bits per heavy atom. The molecule has 1 atom stereocenters. The molecule has 1 unspecified atom stereocenters. The number of nitrogens with one attached hydrogen (secondary N) is 1. The van der Waals surface area contributed by atoms with Crippen LogP contribution in [0.25, 0.3) is 0 Å². The number of carbonyl (C=O) groups is 1. The van der Waals surface area contributed by atoms with Gasteiger partial charge in [0.1, 0.15) is 0 Å². The van der Waals surface area contributed by atoms with E-state index in [1.54, 1.807) is 0 Å². The van der Waals surface area contributed by atoms with Crippen LogP contribution in [0.3, 0.4) is 0 Å². The second-order valence-electron chi connectivity index (χ2n) is 5.48. The van der Waals surface area contributed by atoms with Crippen LogP contribution in [0.2, 0.25) is 0 Å². The maximum absolute atomic E-state index is 12.3. The van der Waals surface area contributed by atoms with Gasteiger partial charge < -0.3 is 15.8 Å². The summed E-state index contributed by atoms with van der Waals surface area (Å²) < 4.78 is 6.31. The zero-order valence-electron chi connectivity index (χ0n) is 11.7. The van der Waals surface area contributed by atoms with Crippen molar-refractivity contribution in [3.05, 3.63) is 34.3 Å². The van der Waals surface area contributed by atoms with E-state index in [9.17, 15) is 4.79 Å². The molecule has 0 bridgehead atoms. The van der Waals surface area contributed by atoms with Gasteiger partial charge in [0.2, 0.25) is 5.91 Å². The molecule has 20 heavy (non-hydrogen) atoms. The van der Waals surface area contributed by atoms with E-state index in [0.29, 0.717) is 26.1 Å². The predicted molar refractivity (Wildman–Crippen MR) is 82.4 cm³/mol. The smallest absolute Gasteiger partial charge is 0.240 e. The molecule has 1 aliphatic heterocycles. The van der Waals surface area contributed by atoms with Crippen LogP contribution in [0.1, 0.15) is 25.3 Å². The lowest BCUT2D eigenvalue weighted by molar-refractivity contribution is -0.130. The van der Waals surface area contributed by atoms with Crippen molar-refractivity contribution in [1.82, 2.24) is 5.32 Å². The molecule has 0 aliphatic carbocycles. The number of hydrogen-bond donors (Lipinski definition) is 2. The number of ether oxygens (including phenoxy) is 1. The average Bonchev–Trinajstić information content (AvgIpc) is 2.39. The second-order valence-corrected chi connectivity index (χ2v) is 6.39. The highest BCUT2D eigenvalue weighted by atomic mass is 79.9. The summed E-state index contributed by atoms with van der Waals surface area (Å²) >= 11 is 3.45. The van der Waals surface area contributed by atoms with Crippen molar-refractivity contribution in [1.29, 1.82) is 0 Å². The van der Waals surface area contributed by atoms with E-state index in [2.05, 4.69) is 33.4 Å². The van der Waals surface area contributed by atoms with Crippen molar-refractivity contribution in [2.75, 3.05) is 13.2 Å². The molecular formula is C15H21BrN2O2. The largest absolute Gasteiger partial charge is 0.381 e. The summed E-state index contributed by atoms with van der Waals surface area (Å²) in [5.74, 6) is -0.0664. The lowest BCUT2D eigenvalue weighted by Crippen LogP contribution is -2.58. The topological polar surface area (TPSA) is 64.4 Å². The molecule has 110 valence electrons. The standard InChI is InChI=1S/C15H21BrN2O2/c1-11(9-12-3-2-4-13(16)10-12)18-14(19)15(17)5-7-20-8-6-15/h2-4,10-11H,5-9,17H2,1H3,(H,18,19). The zero-order valence-corrected chi connectivity index (χ0v) is 13.3. The van der Waals surface area contributed by atoms with E-state index < -0.39 is 5.54 Å². The van der Waals surface area contributed by atoms with Gasteiger partial charge in [-0.3, -0.25) is 4.79 Å². The molecule has 5 heteroatoms. The van der Waals surface area contributed by atoms with Crippen molar-refractivity contribution >= 4 is 21.8 Å². The molecule has 1 fully saturated rings. The minimum atomic E-state index is -0.774. The Hall–Kier alpha value is -0.910. The number of carbonyl (C=O) groups excluding carboxylic acids is 1. The molecule has 0 radical (unpaired) electrons. The summed E-state index contributed by atoms with van der Waals surface area (Å²) in [6, 6.07) is 8.16. The molecule has 3 N–H and O–H groups in total. The van der Waals surface area contributed by atoms with E-state index in [4.69, 9.17) is 10.5 Å². The van der Waals surface area contributed by atoms with E-state index in [1.165, 1.54) is 5.56 Å². The van der Waals surface area contributed by atoms with Gasteiger partial charge in [-0.15, -0.1) is 0 Å². The number of halogens is 1.